The smallest absolute Gasteiger partial charge is 0.134 e. The van der Waals surface area contributed by atoms with Gasteiger partial charge >= 0.3 is 0 Å². The molecule has 1 atom stereocenters. The summed E-state index contributed by atoms with van der Waals surface area (Å²) in [6, 6.07) is 8.47. The molecule has 3 aromatic rings. The minimum atomic E-state index is 0.466. The van der Waals surface area contributed by atoms with Crippen LogP contribution in [0, 0.1) is 12.8 Å². The average molecular weight is 337 g/mol. The maximum absolute atomic E-state index is 5.84. The predicted octanol–water partition coefficient (Wildman–Crippen LogP) is 3.22. The summed E-state index contributed by atoms with van der Waals surface area (Å²) in [6.45, 7) is 6.29. The Hall–Kier alpha value is -2.24. The molecule has 0 N–H and O–H groups in total. The van der Waals surface area contributed by atoms with Crippen molar-refractivity contribution in [2.24, 2.45) is 5.92 Å². The number of nitrogens with zero attached hydrogens (tertiary/aromatic N) is 3. The lowest BCUT2D eigenvalue weighted by atomic mass is 9.99. The van der Waals surface area contributed by atoms with E-state index in [0.717, 1.165) is 61.6 Å². The number of fused-ring (bicyclic) bond motifs is 1. The van der Waals surface area contributed by atoms with Gasteiger partial charge in [-0.15, -0.1) is 0 Å². The van der Waals surface area contributed by atoms with Crippen molar-refractivity contribution in [2.45, 2.75) is 19.9 Å². The van der Waals surface area contributed by atoms with Crippen molar-refractivity contribution >= 4 is 11.0 Å². The summed E-state index contributed by atoms with van der Waals surface area (Å²) in [5.41, 5.74) is 4.23. The van der Waals surface area contributed by atoms with Crippen LogP contribution in [0.5, 0.6) is 0 Å². The Balaban J connectivity index is 1.42. The topological polar surface area (TPSA) is 51.4 Å². The SMILES string of the molecule is Cc1cnc(CN2CCOC[C@@H](Cc3ccc4ccoc4c3)C2)cn1. The Morgan fingerprint density at radius 1 is 1.20 bits per heavy atom. The number of ether oxygens (including phenoxy) is 1. The molecule has 5 heteroatoms. The molecule has 0 radical (unpaired) electrons. The Kier molecular flexibility index (Phi) is 4.76. The summed E-state index contributed by atoms with van der Waals surface area (Å²) in [6.07, 6.45) is 6.45. The van der Waals surface area contributed by atoms with Gasteiger partial charge in [0.2, 0.25) is 0 Å². The van der Waals surface area contributed by atoms with Gasteiger partial charge in [-0.3, -0.25) is 14.9 Å². The number of rotatable bonds is 4. The summed E-state index contributed by atoms with van der Waals surface area (Å²) in [4.78, 5) is 11.2. The lowest BCUT2D eigenvalue weighted by Crippen LogP contribution is -2.30. The molecule has 2 aromatic heterocycles. The van der Waals surface area contributed by atoms with Crippen molar-refractivity contribution in [3.05, 3.63) is 59.9 Å². The first-order chi connectivity index (χ1) is 12.3. The Morgan fingerprint density at radius 2 is 2.16 bits per heavy atom. The van der Waals surface area contributed by atoms with Crippen LogP contribution in [0.3, 0.4) is 0 Å². The van der Waals surface area contributed by atoms with E-state index >= 15 is 0 Å². The van der Waals surface area contributed by atoms with Crippen LogP contribution in [-0.4, -0.2) is 41.2 Å². The van der Waals surface area contributed by atoms with Crippen LogP contribution in [0.25, 0.3) is 11.0 Å². The van der Waals surface area contributed by atoms with E-state index in [1.165, 1.54) is 5.56 Å². The van der Waals surface area contributed by atoms with Gasteiger partial charge in [0.1, 0.15) is 5.58 Å². The standard InChI is InChI=1S/C20H23N3O2/c1-15-10-22-19(11-21-15)13-23-5-7-24-14-17(12-23)8-16-2-3-18-4-6-25-20(18)9-16/h2-4,6,9-11,17H,5,7-8,12-14H2,1H3/t17-/m0/s1. The van der Waals surface area contributed by atoms with Gasteiger partial charge in [0.25, 0.3) is 0 Å². The molecule has 0 unspecified atom stereocenters. The summed E-state index contributed by atoms with van der Waals surface area (Å²) in [5.74, 6) is 0.466. The van der Waals surface area contributed by atoms with Crippen molar-refractivity contribution in [2.75, 3.05) is 26.3 Å². The average Bonchev–Trinajstić information content (AvgIpc) is 2.97. The summed E-state index contributed by atoms with van der Waals surface area (Å²) in [7, 11) is 0. The van der Waals surface area contributed by atoms with Gasteiger partial charge in [-0.2, -0.15) is 0 Å². The second-order valence-electron chi connectivity index (χ2n) is 6.82. The Bertz CT molecular complexity index is 828. The van der Waals surface area contributed by atoms with Crippen LogP contribution in [0.2, 0.25) is 0 Å². The first-order valence-electron chi connectivity index (χ1n) is 8.80. The molecule has 4 rings (SSSR count). The number of aromatic nitrogens is 2. The highest BCUT2D eigenvalue weighted by Crippen LogP contribution is 2.21. The van der Waals surface area contributed by atoms with Gasteiger partial charge in [-0.25, -0.2) is 0 Å². The maximum Gasteiger partial charge on any atom is 0.134 e. The number of benzene rings is 1. The zero-order chi connectivity index (χ0) is 17.1. The van der Waals surface area contributed by atoms with E-state index in [1.54, 1.807) is 6.26 Å². The van der Waals surface area contributed by atoms with E-state index in [0.29, 0.717) is 5.92 Å². The van der Waals surface area contributed by atoms with Crippen LogP contribution in [-0.2, 0) is 17.7 Å². The third-order valence-corrected chi connectivity index (χ3v) is 4.69. The third-order valence-electron chi connectivity index (χ3n) is 4.69. The summed E-state index contributed by atoms with van der Waals surface area (Å²) in [5, 5.41) is 1.15. The van der Waals surface area contributed by atoms with Gasteiger partial charge in [-0.1, -0.05) is 12.1 Å². The molecule has 1 aliphatic rings. The summed E-state index contributed by atoms with van der Waals surface area (Å²) < 4.78 is 11.4. The molecule has 3 heterocycles. The van der Waals surface area contributed by atoms with E-state index in [4.69, 9.17) is 9.15 Å². The van der Waals surface area contributed by atoms with E-state index < -0.39 is 0 Å². The van der Waals surface area contributed by atoms with Gasteiger partial charge in [-0.05, 0) is 37.0 Å². The van der Waals surface area contributed by atoms with Crippen LogP contribution in [0.4, 0.5) is 0 Å². The highest BCUT2D eigenvalue weighted by atomic mass is 16.5. The van der Waals surface area contributed by atoms with Gasteiger partial charge in [0, 0.05) is 37.4 Å². The highest BCUT2D eigenvalue weighted by molar-refractivity contribution is 5.77. The molecule has 1 aromatic carbocycles. The molecule has 1 aliphatic heterocycles. The first-order valence-corrected chi connectivity index (χ1v) is 8.80. The molecule has 0 amide bonds. The zero-order valence-corrected chi connectivity index (χ0v) is 14.5. The van der Waals surface area contributed by atoms with Crippen molar-refractivity contribution in [1.29, 1.82) is 0 Å². The van der Waals surface area contributed by atoms with E-state index in [2.05, 4.69) is 33.1 Å². The van der Waals surface area contributed by atoms with Crippen LogP contribution >= 0.6 is 0 Å². The Labute approximate surface area is 147 Å². The van der Waals surface area contributed by atoms with E-state index in [-0.39, 0.29) is 0 Å². The van der Waals surface area contributed by atoms with E-state index in [9.17, 15) is 0 Å². The monoisotopic (exact) mass is 337 g/mol. The molecule has 0 bridgehead atoms. The van der Waals surface area contributed by atoms with Crippen molar-refractivity contribution in [3.8, 4) is 0 Å². The molecule has 0 aliphatic carbocycles. The lowest BCUT2D eigenvalue weighted by molar-refractivity contribution is 0.121. The molecule has 1 fully saturated rings. The first kappa shape index (κ1) is 16.2. The van der Waals surface area contributed by atoms with Crippen LogP contribution < -0.4 is 0 Å². The third kappa shape index (κ3) is 4.06. The summed E-state index contributed by atoms with van der Waals surface area (Å²) >= 11 is 0. The van der Waals surface area contributed by atoms with Crippen molar-refractivity contribution < 1.29 is 9.15 Å². The van der Waals surface area contributed by atoms with Gasteiger partial charge in [0.05, 0.1) is 30.9 Å². The molecule has 0 spiro atoms. The molecule has 0 saturated carbocycles. The molecular formula is C20H23N3O2. The number of furan rings is 1. The fourth-order valence-electron chi connectivity index (χ4n) is 3.41. The number of hydrogen-bond acceptors (Lipinski definition) is 5. The largest absolute Gasteiger partial charge is 0.464 e. The normalized spacial score (nSPS) is 19.2. The maximum atomic E-state index is 5.84. The quantitative estimate of drug-likeness (QED) is 0.732. The molecule has 1 saturated heterocycles. The van der Waals surface area contributed by atoms with Crippen LogP contribution in [0.15, 0.2) is 47.3 Å². The van der Waals surface area contributed by atoms with Crippen LogP contribution in [0.1, 0.15) is 17.0 Å². The van der Waals surface area contributed by atoms with Gasteiger partial charge in [0.15, 0.2) is 0 Å². The Morgan fingerprint density at radius 3 is 3.04 bits per heavy atom. The number of hydrogen-bond donors (Lipinski definition) is 0. The van der Waals surface area contributed by atoms with Crippen molar-refractivity contribution in [3.63, 3.8) is 0 Å². The second-order valence-corrected chi connectivity index (χ2v) is 6.82. The highest BCUT2D eigenvalue weighted by Gasteiger charge is 2.20. The van der Waals surface area contributed by atoms with Gasteiger partial charge < -0.3 is 9.15 Å². The minimum absolute atomic E-state index is 0.466. The number of aryl methyl sites for hydroxylation is 1. The molecule has 5 nitrogen and oxygen atoms in total. The lowest BCUT2D eigenvalue weighted by Gasteiger charge is -2.23. The molecule has 130 valence electrons. The van der Waals surface area contributed by atoms with E-state index in [1.807, 2.05) is 25.4 Å². The fourth-order valence-corrected chi connectivity index (χ4v) is 3.41. The molecular weight excluding hydrogens is 314 g/mol. The minimum Gasteiger partial charge on any atom is -0.464 e. The molecule has 25 heavy (non-hydrogen) atoms. The van der Waals surface area contributed by atoms with Crippen molar-refractivity contribution in [1.82, 2.24) is 14.9 Å². The second kappa shape index (κ2) is 7.33. The zero-order valence-electron chi connectivity index (χ0n) is 14.5. The fraction of sp³-hybridized carbons (Fsp3) is 0.400. The predicted molar refractivity (Wildman–Crippen MR) is 96.3 cm³/mol.